The van der Waals surface area contributed by atoms with Gasteiger partial charge in [-0.1, -0.05) is 55.7 Å². The number of pyridine rings is 1. The van der Waals surface area contributed by atoms with E-state index in [4.69, 9.17) is 0 Å². The molecule has 1 aliphatic carbocycles. The van der Waals surface area contributed by atoms with Crippen LogP contribution in [-0.4, -0.2) is 25.0 Å². The molecule has 0 radical (unpaired) electrons. The Kier molecular flexibility index (Phi) is 5.52. The van der Waals surface area contributed by atoms with E-state index < -0.39 is 0 Å². The van der Waals surface area contributed by atoms with Crippen LogP contribution in [0.5, 0.6) is 0 Å². The van der Waals surface area contributed by atoms with Crippen LogP contribution in [0.3, 0.4) is 0 Å². The third-order valence-corrected chi connectivity index (χ3v) is 6.14. The van der Waals surface area contributed by atoms with Gasteiger partial charge in [-0.05, 0) is 43.0 Å². The van der Waals surface area contributed by atoms with Crippen LogP contribution in [0.25, 0.3) is 10.9 Å². The fraction of sp³-hybridized carbons (Fsp3) is 0.360. The van der Waals surface area contributed by atoms with Crippen LogP contribution in [0.15, 0.2) is 60.8 Å². The van der Waals surface area contributed by atoms with Crippen LogP contribution < -0.4 is 10.2 Å². The molecule has 29 heavy (non-hydrogen) atoms. The quantitative estimate of drug-likeness (QED) is 0.635. The second-order valence-electron chi connectivity index (χ2n) is 8.41. The number of hydrogen-bond acceptors (Lipinski definition) is 3. The van der Waals surface area contributed by atoms with Crippen molar-refractivity contribution in [2.45, 2.75) is 38.5 Å². The minimum atomic E-state index is -0.365. The summed E-state index contributed by atoms with van der Waals surface area (Å²) in [6.45, 7) is 0. The molecule has 0 aliphatic heterocycles. The van der Waals surface area contributed by atoms with E-state index in [-0.39, 0.29) is 11.3 Å². The summed E-state index contributed by atoms with van der Waals surface area (Å²) in [5.74, 6) is 0.128. The maximum Gasteiger partial charge on any atom is 0.230 e. The molecule has 1 aliphatic rings. The number of hydrogen-bond donors (Lipinski definition) is 1. The molecule has 0 saturated heterocycles. The average Bonchev–Trinajstić information content (AvgIpc) is 2.74. The lowest BCUT2D eigenvalue weighted by atomic mass is 9.69. The number of benzene rings is 2. The zero-order chi connectivity index (χ0) is 20.3. The minimum absolute atomic E-state index is 0.128. The fourth-order valence-corrected chi connectivity index (χ4v) is 4.58. The highest BCUT2D eigenvalue weighted by Crippen LogP contribution is 2.42. The highest BCUT2D eigenvalue weighted by molar-refractivity contribution is 5.97. The summed E-state index contributed by atoms with van der Waals surface area (Å²) in [4.78, 5) is 20.2. The summed E-state index contributed by atoms with van der Waals surface area (Å²) < 4.78 is 0. The van der Waals surface area contributed by atoms with Gasteiger partial charge in [-0.25, -0.2) is 0 Å². The smallest absolute Gasteiger partial charge is 0.230 e. The Morgan fingerprint density at radius 3 is 2.55 bits per heavy atom. The topological polar surface area (TPSA) is 45.2 Å². The molecule has 0 bridgehead atoms. The largest absolute Gasteiger partial charge is 0.377 e. The Morgan fingerprint density at radius 2 is 1.76 bits per heavy atom. The van der Waals surface area contributed by atoms with E-state index in [9.17, 15) is 4.79 Å². The van der Waals surface area contributed by atoms with E-state index in [2.05, 4.69) is 53.6 Å². The second kappa shape index (κ2) is 8.24. The van der Waals surface area contributed by atoms with Crippen molar-refractivity contribution in [2.75, 3.05) is 24.3 Å². The first-order valence-corrected chi connectivity index (χ1v) is 10.5. The van der Waals surface area contributed by atoms with Gasteiger partial charge >= 0.3 is 0 Å². The lowest BCUT2D eigenvalue weighted by Gasteiger charge is -2.37. The molecule has 4 rings (SSSR count). The second-order valence-corrected chi connectivity index (χ2v) is 8.41. The minimum Gasteiger partial charge on any atom is -0.377 e. The van der Waals surface area contributed by atoms with Crippen molar-refractivity contribution in [3.63, 3.8) is 0 Å². The number of nitrogens with zero attached hydrogens (tertiary/aromatic N) is 2. The molecule has 1 N–H and O–H groups in total. The molecule has 1 amide bonds. The van der Waals surface area contributed by atoms with Crippen LogP contribution in [-0.2, 0) is 11.2 Å². The first-order chi connectivity index (χ1) is 14.1. The lowest BCUT2D eigenvalue weighted by Crippen LogP contribution is -2.40. The van der Waals surface area contributed by atoms with Gasteiger partial charge in [0.05, 0.1) is 22.8 Å². The van der Waals surface area contributed by atoms with Gasteiger partial charge in [-0.15, -0.1) is 0 Å². The number of nitrogens with one attached hydrogen (secondary N) is 1. The standard InChI is InChI=1S/C25H29N3O/c1-28(2)23-13-7-5-11-20(23)17-25(14-8-3-9-15-25)24(29)27-21-16-19-10-4-6-12-22(19)26-18-21/h4-7,10-13,16,18H,3,8-9,14-15,17H2,1-2H3,(H,27,29). The summed E-state index contributed by atoms with van der Waals surface area (Å²) in [6, 6.07) is 18.4. The third-order valence-electron chi connectivity index (χ3n) is 6.14. The molecule has 3 aromatic rings. The maximum absolute atomic E-state index is 13.6. The van der Waals surface area contributed by atoms with E-state index in [1.54, 1.807) is 6.20 Å². The fourth-order valence-electron chi connectivity index (χ4n) is 4.58. The Balaban J connectivity index is 1.62. The van der Waals surface area contributed by atoms with Gasteiger partial charge in [0, 0.05) is 25.2 Å². The number of rotatable bonds is 5. The number of para-hydroxylation sites is 2. The van der Waals surface area contributed by atoms with Crippen molar-refractivity contribution < 1.29 is 4.79 Å². The molecular formula is C25H29N3O. The van der Waals surface area contributed by atoms with Crippen LogP contribution in [0, 0.1) is 5.41 Å². The van der Waals surface area contributed by atoms with E-state index in [1.807, 2.05) is 30.3 Å². The van der Waals surface area contributed by atoms with Crippen molar-refractivity contribution in [3.05, 3.63) is 66.4 Å². The van der Waals surface area contributed by atoms with Crippen molar-refractivity contribution in [1.29, 1.82) is 0 Å². The number of amides is 1. The summed E-state index contributed by atoms with van der Waals surface area (Å²) in [5, 5.41) is 4.24. The molecule has 1 fully saturated rings. The van der Waals surface area contributed by atoms with Crippen LogP contribution in [0.4, 0.5) is 11.4 Å². The Morgan fingerprint density at radius 1 is 1.03 bits per heavy atom. The number of carbonyl (C=O) groups excluding carboxylic acids is 1. The normalized spacial score (nSPS) is 15.8. The van der Waals surface area contributed by atoms with Crippen molar-refractivity contribution in [1.82, 2.24) is 4.98 Å². The van der Waals surface area contributed by atoms with E-state index in [0.29, 0.717) is 0 Å². The highest BCUT2D eigenvalue weighted by atomic mass is 16.2. The van der Waals surface area contributed by atoms with Crippen LogP contribution in [0.2, 0.25) is 0 Å². The molecule has 1 aromatic heterocycles. The molecule has 2 aromatic carbocycles. The highest BCUT2D eigenvalue weighted by Gasteiger charge is 2.40. The van der Waals surface area contributed by atoms with Gasteiger partial charge in [0.15, 0.2) is 0 Å². The van der Waals surface area contributed by atoms with Gasteiger partial charge in [0.2, 0.25) is 5.91 Å². The van der Waals surface area contributed by atoms with E-state index in [0.717, 1.165) is 48.7 Å². The lowest BCUT2D eigenvalue weighted by molar-refractivity contribution is -0.127. The zero-order valence-corrected chi connectivity index (χ0v) is 17.3. The average molecular weight is 388 g/mol. The van der Waals surface area contributed by atoms with Crippen LogP contribution in [0.1, 0.15) is 37.7 Å². The predicted octanol–water partition coefficient (Wildman–Crippen LogP) is 5.43. The number of aromatic nitrogens is 1. The molecule has 4 nitrogen and oxygen atoms in total. The monoisotopic (exact) mass is 387 g/mol. The third kappa shape index (κ3) is 4.12. The molecule has 4 heteroatoms. The molecular weight excluding hydrogens is 358 g/mol. The van der Waals surface area contributed by atoms with Gasteiger partial charge in [0.1, 0.15) is 0 Å². The summed E-state index contributed by atoms with van der Waals surface area (Å²) in [7, 11) is 4.13. The van der Waals surface area contributed by atoms with Gasteiger partial charge in [0.25, 0.3) is 0 Å². The number of fused-ring (bicyclic) bond motifs is 1. The molecule has 150 valence electrons. The Hall–Kier alpha value is -2.88. The van der Waals surface area contributed by atoms with Crippen molar-refractivity contribution >= 4 is 28.2 Å². The number of anilines is 2. The number of carbonyl (C=O) groups is 1. The van der Waals surface area contributed by atoms with Crippen LogP contribution >= 0.6 is 0 Å². The first-order valence-electron chi connectivity index (χ1n) is 10.5. The Labute approximate surface area is 173 Å². The zero-order valence-electron chi connectivity index (χ0n) is 17.3. The van der Waals surface area contributed by atoms with Crippen molar-refractivity contribution in [3.8, 4) is 0 Å². The molecule has 0 spiro atoms. The van der Waals surface area contributed by atoms with Gasteiger partial charge in [-0.2, -0.15) is 0 Å². The predicted molar refractivity (Wildman–Crippen MR) is 120 cm³/mol. The molecule has 1 heterocycles. The molecule has 0 unspecified atom stereocenters. The first kappa shape index (κ1) is 19.4. The summed E-state index contributed by atoms with van der Waals surface area (Å²) in [6.07, 6.45) is 7.82. The summed E-state index contributed by atoms with van der Waals surface area (Å²) >= 11 is 0. The molecule has 1 saturated carbocycles. The van der Waals surface area contributed by atoms with E-state index in [1.165, 1.54) is 17.7 Å². The SMILES string of the molecule is CN(C)c1ccccc1CC1(C(=O)Nc2cnc3ccccc3c2)CCCCC1. The Bertz CT molecular complexity index is 1010. The molecule has 0 atom stereocenters. The van der Waals surface area contributed by atoms with Gasteiger partial charge < -0.3 is 10.2 Å². The van der Waals surface area contributed by atoms with E-state index >= 15 is 0 Å². The summed E-state index contributed by atoms with van der Waals surface area (Å²) in [5.41, 5.74) is 3.79. The van der Waals surface area contributed by atoms with Gasteiger partial charge in [-0.3, -0.25) is 9.78 Å². The van der Waals surface area contributed by atoms with Crippen molar-refractivity contribution in [2.24, 2.45) is 5.41 Å². The maximum atomic E-state index is 13.6.